The molecule has 2 aromatic rings. The largest absolute Gasteiger partial charge is 0.369 e. The molecule has 1 saturated heterocycles. The van der Waals surface area contributed by atoms with E-state index in [2.05, 4.69) is 10.3 Å². The number of aryl methyl sites for hydroxylation is 1. The summed E-state index contributed by atoms with van der Waals surface area (Å²) < 4.78 is 1.95. The van der Waals surface area contributed by atoms with Gasteiger partial charge in [-0.1, -0.05) is 12.1 Å². The third-order valence-electron chi connectivity index (χ3n) is 4.90. The first-order valence-electron chi connectivity index (χ1n) is 8.98. The van der Waals surface area contributed by atoms with E-state index in [1.54, 1.807) is 11.8 Å². The second-order valence-corrected chi connectivity index (χ2v) is 6.82. The number of fused-ring (bicyclic) bond motifs is 1. The number of anilines is 1. The van der Waals surface area contributed by atoms with Crippen LogP contribution in [0.5, 0.6) is 0 Å². The van der Waals surface area contributed by atoms with Crippen LogP contribution in [0.25, 0.3) is 11.0 Å². The molecule has 0 spiro atoms. The number of nitrogens with one attached hydrogen (secondary N) is 1. The van der Waals surface area contributed by atoms with Gasteiger partial charge in [-0.25, -0.2) is 4.98 Å². The molecule has 8 nitrogen and oxygen atoms in total. The van der Waals surface area contributed by atoms with Gasteiger partial charge in [-0.3, -0.25) is 9.59 Å². The second-order valence-electron chi connectivity index (χ2n) is 6.82. The lowest BCUT2D eigenvalue weighted by atomic mass is 10.1. The summed E-state index contributed by atoms with van der Waals surface area (Å²) in [6, 6.07) is 7.20. The van der Waals surface area contributed by atoms with Gasteiger partial charge in [0.05, 0.1) is 17.1 Å². The van der Waals surface area contributed by atoms with Crippen molar-refractivity contribution < 1.29 is 9.59 Å². The Morgan fingerprint density at radius 1 is 1.38 bits per heavy atom. The molecule has 0 saturated carbocycles. The van der Waals surface area contributed by atoms with Crippen molar-refractivity contribution in [1.82, 2.24) is 19.8 Å². The zero-order chi connectivity index (χ0) is 18.7. The fraction of sp³-hybridized carbons (Fsp3) is 0.500. The first kappa shape index (κ1) is 18.2. The molecule has 140 valence electrons. The molecule has 1 aromatic heterocycles. The molecule has 0 aliphatic carbocycles. The Morgan fingerprint density at radius 2 is 2.15 bits per heavy atom. The number of para-hydroxylation sites is 2. The fourth-order valence-electron chi connectivity index (χ4n) is 3.40. The number of aromatic nitrogens is 2. The highest BCUT2D eigenvalue weighted by Gasteiger charge is 2.26. The summed E-state index contributed by atoms with van der Waals surface area (Å²) in [4.78, 5) is 29.7. The van der Waals surface area contributed by atoms with Crippen LogP contribution in [0.3, 0.4) is 0 Å². The van der Waals surface area contributed by atoms with Crippen molar-refractivity contribution in [3.63, 3.8) is 0 Å². The van der Waals surface area contributed by atoms with Crippen LogP contribution in [-0.2, 0) is 16.1 Å². The Bertz CT molecular complexity index is 802. The minimum absolute atomic E-state index is 0.00862. The number of nitrogens with two attached hydrogens (primary N) is 2. The molecule has 8 heteroatoms. The molecule has 1 aromatic carbocycles. The van der Waals surface area contributed by atoms with Gasteiger partial charge in [0.15, 0.2) is 0 Å². The number of benzene rings is 1. The number of imidazole rings is 1. The molecule has 1 fully saturated rings. The second kappa shape index (κ2) is 7.74. The lowest BCUT2D eigenvalue weighted by Crippen LogP contribution is -2.46. The van der Waals surface area contributed by atoms with Gasteiger partial charge in [0.2, 0.25) is 17.8 Å². The van der Waals surface area contributed by atoms with E-state index in [0.717, 1.165) is 23.9 Å². The van der Waals surface area contributed by atoms with Crippen LogP contribution in [0.1, 0.15) is 26.2 Å². The van der Waals surface area contributed by atoms with Gasteiger partial charge in [0, 0.05) is 32.6 Å². The van der Waals surface area contributed by atoms with Crippen LogP contribution < -0.4 is 16.8 Å². The Labute approximate surface area is 152 Å². The van der Waals surface area contributed by atoms with Gasteiger partial charge in [0.25, 0.3) is 0 Å². The molecule has 2 amide bonds. The fourth-order valence-corrected chi connectivity index (χ4v) is 3.40. The van der Waals surface area contributed by atoms with Crippen molar-refractivity contribution in [2.24, 2.45) is 5.73 Å². The summed E-state index contributed by atoms with van der Waals surface area (Å²) in [5.74, 6) is 0.347. The predicted molar refractivity (Wildman–Crippen MR) is 100 cm³/mol. The highest BCUT2D eigenvalue weighted by molar-refractivity contribution is 5.82. The van der Waals surface area contributed by atoms with Crippen LogP contribution in [0.4, 0.5) is 5.95 Å². The van der Waals surface area contributed by atoms with Crippen molar-refractivity contribution >= 4 is 28.8 Å². The molecule has 3 rings (SSSR count). The third-order valence-corrected chi connectivity index (χ3v) is 4.90. The first-order valence-corrected chi connectivity index (χ1v) is 8.98. The normalized spacial score (nSPS) is 18.2. The molecule has 1 aliphatic heterocycles. The van der Waals surface area contributed by atoms with E-state index in [1.807, 2.05) is 28.8 Å². The summed E-state index contributed by atoms with van der Waals surface area (Å²) in [7, 11) is 0. The average molecular weight is 358 g/mol. The van der Waals surface area contributed by atoms with Crippen LogP contribution in [0.2, 0.25) is 0 Å². The molecule has 2 atom stereocenters. The van der Waals surface area contributed by atoms with Crippen molar-refractivity contribution in [2.45, 2.75) is 44.8 Å². The number of nitrogen functional groups attached to an aromatic ring is 1. The summed E-state index contributed by atoms with van der Waals surface area (Å²) in [6.45, 7) is 3.45. The highest BCUT2D eigenvalue weighted by Crippen LogP contribution is 2.18. The van der Waals surface area contributed by atoms with Crippen LogP contribution in [-0.4, -0.2) is 51.4 Å². The monoisotopic (exact) mass is 358 g/mol. The Hall–Kier alpha value is -2.61. The number of carbonyl (C=O) groups is 2. The maximum Gasteiger partial charge on any atom is 0.237 e. The van der Waals surface area contributed by atoms with E-state index in [9.17, 15) is 9.59 Å². The van der Waals surface area contributed by atoms with Crippen molar-refractivity contribution in [3.05, 3.63) is 24.3 Å². The van der Waals surface area contributed by atoms with Crippen molar-refractivity contribution in [2.75, 3.05) is 18.8 Å². The van der Waals surface area contributed by atoms with E-state index < -0.39 is 6.04 Å². The third kappa shape index (κ3) is 3.96. The zero-order valence-corrected chi connectivity index (χ0v) is 15.0. The predicted octanol–water partition coefficient (Wildman–Crippen LogP) is 0.463. The molecule has 0 radical (unpaired) electrons. The van der Waals surface area contributed by atoms with E-state index in [4.69, 9.17) is 11.5 Å². The van der Waals surface area contributed by atoms with Gasteiger partial charge in [-0.2, -0.15) is 0 Å². The smallest absolute Gasteiger partial charge is 0.237 e. The number of hydrogen-bond donors (Lipinski definition) is 3. The molecule has 1 aliphatic rings. The van der Waals surface area contributed by atoms with E-state index in [0.29, 0.717) is 32.0 Å². The minimum Gasteiger partial charge on any atom is -0.369 e. The van der Waals surface area contributed by atoms with Crippen molar-refractivity contribution in [1.29, 1.82) is 0 Å². The SMILES string of the molecule is CC(=O)N1CC[C@@H](NC(=O)[C@@H](N)CCCn2c(N)nc3ccccc32)C1. The van der Waals surface area contributed by atoms with E-state index in [1.165, 1.54) is 0 Å². The maximum atomic E-state index is 12.3. The Kier molecular flexibility index (Phi) is 5.41. The molecular formula is C18H26N6O2. The molecule has 26 heavy (non-hydrogen) atoms. The average Bonchev–Trinajstić information content (AvgIpc) is 3.19. The van der Waals surface area contributed by atoms with Gasteiger partial charge in [-0.15, -0.1) is 0 Å². The molecule has 2 heterocycles. The van der Waals surface area contributed by atoms with Gasteiger partial charge in [0.1, 0.15) is 0 Å². The number of likely N-dealkylation sites (tertiary alicyclic amines) is 1. The molecule has 0 unspecified atom stereocenters. The number of amides is 2. The Balaban J connectivity index is 1.48. The first-order chi connectivity index (χ1) is 12.5. The van der Waals surface area contributed by atoms with Crippen molar-refractivity contribution in [3.8, 4) is 0 Å². The summed E-state index contributed by atoms with van der Waals surface area (Å²) >= 11 is 0. The molecule has 0 bridgehead atoms. The summed E-state index contributed by atoms with van der Waals surface area (Å²) in [6.07, 6.45) is 2.06. The van der Waals surface area contributed by atoms with Crippen LogP contribution in [0, 0.1) is 0 Å². The number of nitrogens with zero attached hydrogens (tertiary/aromatic N) is 3. The molecular weight excluding hydrogens is 332 g/mol. The minimum atomic E-state index is -0.572. The Morgan fingerprint density at radius 3 is 2.88 bits per heavy atom. The summed E-state index contributed by atoms with van der Waals surface area (Å²) in [5.41, 5.74) is 13.9. The lowest BCUT2D eigenvalue weighted by molar-refractivity contribution is -0.128. The van der Waals surface area contributed by atoms with Crippen LogP contribution >= 0.6 is 0 Å². The van der Waals surface area contributed by atoms with E-state index in [-0.39, 0.29) is 17.9 Å². The van der Waals surface area contributed by atoms with Gasteiger partial charge in [-0.05, 0) is 31.4 Å². The zero-order valence-electron chi connectivity index (χ0n) is 15.0. The highest BCUT2D eigenvalue weighted by atomic mass is 16.2. The molecule has 5 N–H and O–H groups in total. The maximum absolute atomic E-state index is 12.3. The number of hydrogen-bond acceptors (Lipinski definition) is 5. The lowest BCUT2D eigenvalue weighted by Gasteiger charge is -2.18. The number of carbonyl (C=O) groups excluding carboxylic acids is 2. The summed E-state index contributed by atoms with van der Waals surface area (Å²) in [5, 5.41) is 2.95. The number of rotatable bonds is 6. The quantitative estimate of drug-likeness (QED) is 0.693. The van der Waals surface area contributed by atoms with Gasteiger partial charge >= 0.3 is 0 Å². The van der Waals surface area contributed by atoms with E-state index >= 15 is 0 Å². The standard InChI is InChI=1S/C18H26N6O2/c1-12(25)23-10-8-13(11-23)21-17(26)14(19)5-4-9-24-16-7-3-2-6-15(16)22-18(24)20/h2-3,6-7,13-14H,4-5,8-11,19H2,1H3,(H2,20,22)(H,21,26)/t13-,14+/m1/s1. The topological polar surface area (TPSA) is 119 Å². The van der Waals surface area contributed by atoms with Gasteiger partial charge < -0.3 is 26.3 Å². The van der Waals surface area contributed by atoms with Crippen LogP contribution in [0.15, 0.2) is 24.3 Å².